The van der Waals surface area contributed by atoms with Gasteiger partial charge in [-0.1, -0.05) is 19.1 Å². The molecule has 26 heavy (non-hydrogen) atoms. The van der Waals surface area contributed by atoms with Crippen LogP contribution in [0.15, 0.2) is 35.8 Å². The number of thiophene rings is 1. The van der Waals surface area contributed by atoms with Crippen LogP contribution in [-0.4, -0.2) is 35.3 Å². The Hall–Kier alpha value is -1.91. The number of nitrogens with one attached hydrogen (secondary N) is 1. The van der Waals surface area contributed by atoms with Crippen molar-refractivity contribution >= 4 is 28.5 Å². The Morgan fingerprint density at radius 1 is 1.31 bits per heavy atom. The number of hydrogen-bond acceptors (Lipinski definition) is 3. The first kappa shape index (κ1) is 17.5. The molecule has 3 nitrogen and oxygen atoms in total. The van der Waals surface area contributed by atoms with Crippen LogP contribution in [0.3, 0.4) is 0 Å². The Kier molecular flexibility index (Phi) is 5.23. The number of aryl methyl sites for hydroxylation is 1. The van der Waals surface area contributed by atoms with Crippen molar-refractivity contribution in [3.05, 3.63) is 57.4 Å². The molecule has 1 aliphatic carbocycles. The molecule has 0 radical (unpaired) electrons. The zero-order valence-corrected chi connectivity index (χ0v) is 16.1. The van der Waals surface area contributed by atoms with Gasteiger partial charge in [-0.15, -0.1) is 11.3 Å². The summed E-state index contributed by atoms with van der Waals surface area (Å²) in [5, 5.41) is 3.32. The van der Waals surface area contributed by atoms with E-state index in [2.05, 4.69) is 46.5 Å². The molecule has 3 aromatic rings. The Balaban J connectivity index is 1.54. The summed E-state index contributed by atoms with van der Waals surface area (Å²) in [5.41, 5.74) is 4.70. The van der Waals surface area contributed by atoms with Crippen molar-refractivity contribution in [2.75, 3.05) is 13.1 Å². The second-order valence-electron chi connectivity index (χ2n) is 7.25. The van der Waals surface area contributed by atoms with E-state index in [4.69, 9.17) is 0 Å². The maximum absolute atomic E-state index is 11.4. The lowest BCUT2D eigenvalue weighted by Gasteiger charge is -2.35. The van der Waals surface area contributed by atoms with E-state index < -0.39 is 0 Å². The summed E-state index contributed by atoms with van der Waals surface area (Å²) in [6.07, 6.45) is 8.51. The maximum Gasteiger partial charge on any atom is 0.152 e. The quantitative estimate of drug-likeness (QED) is 0.607. The summed E-state index contributed by atoms with van der Waals surface area (Å²) in [6.45, 7) is 4.58. The van der Waals surface area contributed by atoms with E-state index in [1.54, 1.807) is 0 Å². The van der Waals surface area contributed by atoms with Crippen LogP contribution in [-0.2, 0) is 19.3 Å². The minimum Gasteiger partial charge on any atom is -0.360 e. The monoisotopic (exact) mass is 366 g/mol. The number of nitrogens with zero attached hydrogens (tertiary/aromatic N) is 1. The molecule has 136 valence electrons. The molecule has 1 aliphatic rings. The first-order valence-corrected chi connectivity index (χ1v) is 10.5. The molecule has 0 fully saturated rings. The number of aldehydes is 1. The number of benzene rings is 1. The second kappa shape index (κ2) is 7.77. The molecule has 0 saturated carbocycles. The smallest absolute Gasteiger partial charge is 0.152 e. The van der Waals surface area contributed by atoms with Crippen LogP contribution < -0.4 is 0 Å². The summed E-state index contributed by atoms with van der Waals surface area (Å²) >= 11 is 1.86. The first-order chi connectivity index (χ1) is 12.8. The lowest BCUT2D eigenvalue weighted by Crippen LogP contribution is -2.41. The summed E-state index contributed by atoms with van der Waals surface area (Å²) in [4.78, 5) is 18.8. The van der Waals surface area contributed by atoms with Gasteiger partial charge in [-0.25, -0.2) is 0 Å². The fourth-order valence-electron chi connectivity index (χ4n) is 4.39. The summed E-state index contributed by atoms with van der Waals surface area (Å²) in [6, 6.07) is 9.40. The van der Waals surface area contributed by atoms with E-state index in [0.717, 1.165) is 55.1 Å². The number of fused-ring (bicyclic) bond motifs is 3. The van der Waals surface area contributed by atoms with Crippen molar-refractivity contribution in [2.24, 2.45) is 0 Å². The third kappa shape index (κ3) is 3.36. The van der Waals surface area contributed by atoms with Crippen LogP contribution in [0.1, 0.15) is 46.1 Å². The molecule has 1 aromatic carbocycles. The van der Waals surface area contributed by atoms with Gasteiger partial charge < -0.3 is 4.98 Å². The maximum atomic E-state index is 11.4. The molecule has 4 heteroatoms. The number of aromatic amines is 1. The van der Waals surface area contributed by atoms with Gasteiger partial charge in [0.15, 0.2) is 6.29 Å². The Morgan fingerprint density at radius 3 is 3.00 bits per heavy atom. The number of rotatable bonds is 7. The third-order valence-corrected chi connectivity index (χ3v) is 6.58. The van der Waals surface area contributed by atoms with E-state index in [9.17, 15) is 4.79 Å². The van der Waals surface area contributed by atoms with E-state index >= 15 is 0 Å². The minimum absolute atomic E-state index is 0.610. The molecule has 2 aromatic heterocycles. The fourth-order valence-corrected chi connectivity index (χ4v) is 5.09. The van der Waals surface area contributed by atoms with Gasteiger partial charge in [0.1, 0.15) is 0 Å². The normalized spacial score (nSPS) is 16.9. The van der Waals surface area contributed by atoms with Crippen molar-refractivity contribution < 1.29 is 4.79 Å². The van der Waals surface area contributed by atoms with E-state index in [0.29, 0.717) is 6.04 Å². The van der Waals surface area contributed by atoms with Gasteiger partial charge in [0.25, 0.3) is 0 Å². The Bertz CT molecular complexity index is 881. The predicted molar refractivity (Wildman–Crippen MR) is 109 cm³/mol. The molecular weight excluding hydrogens is 340 g/mol. The molecule has 1 N–H and O–H groups in total. The summed E-state index contributed by atoms with van der Waals surface area (Å²) < 4.78 is 0. The molecular formula is C22H26N2OS. The standard InChI is InChI=1S/C22H26N2OS/c1-2-10-24(11-9-19-4-3-12-26-19)18-6-7-20-16(13-18)5-8-21-22(20)17(15-25)14-23-21/h3-5,8,12,14-15,18,23H,2,6-7,9-11,13H2,1H3. The largest absolute Gasteiger partial charge is 0.360 e. The van der Waals surface area contributed by atoms with Crippen LogP contribution in [0, 0.1) is 0 Å². The second-order valence-corrected chi connectivity index (χ2v) is 8.28. The number of aromatic nitrogens is 1. The van der Waals surface area contributed by atoms with Crippen molar-refractivity contribution in [1.82, 2.24) is 9.88 Å². The Labute approximate surface area is 159 Å². The van der Waals surface area contributed by atoms with Gasteiger partial charge in [-0.2, -0.15) is 0 Å². The zero-order chi connectivity index (χ0) is 17.9. The highest BCUT2D eigenvalue weighted by Crippen LogP contribution is 2.32. The lowest BCUT2D eigenvalue weighted by atomic mass is 9.84. The molecule has 1 unspecified atom stereocenters. The van der Waals surface area contributed by atoms with Crippen molar-refractivity contribution in [3.63, 3.8) is 0 Å². The van der Waals surface area contributed by atoms with Crippen molar-refractivity contribution in [1.29, 1.82) is 0 Å². The zero-order valence-electron chi connectivity index (χ0n) is 15.3. The number of carbonyl (C=O) groups excluding carboxylic acids is 1. The molecule has 0 amide bonds. The Morgan fingerprint density at radius 2 is 2.23 bits per heavy atom. The van der Waals surface area contributed by atoms with Gasteiger partial charge in [-0.3, -0.25) is 9.69 Å². The molecule has 0 aliphatic heterocycles. The lowest BCUT2D eigenvalue weighted by molar-refractivity contribution is 0.112. The average Bonchev–Trinajstić information content (AvgIpc) is 3.34. The van der Waals surface area contributed by atoms with Crippen LogP contribution in [0.2, 0.25) is 0 Å². The molecule has 0 bridgehead atoms. The third-order valence-electron chi connectivity index (χ3n) is 5.64. The van der Waals surface area contributed by atoms with Crippen LogP contribution in [0.4, 0.5) is 0 Å². The number of H-pyrrole nitrogens is 1. The SMILES string of the molecule is CCCN(CCc1cccs1)C1CCc2c(ccc3[nH]cc(C=O)c23)C1. The highest BCUT2D eigenvalue weighted by Gasteiger charge is 2.26. The minimum atomic E-state index is 0.610. The van der Waals surface area contributed by atoms with E-state index in [1.807, 2.05) is 17.5 Å². The predicted octanol–water partition coefficient (Wildman–Crippen LogP) is 4.85. The molecule has 0 saturated heterocycles. The molecule has 0 spiro atoms. The molecule has 4 rings (SSSR count). The van der Waals surface area contributed by atoms with Gasteiger partial charge in [0, 0.05) is 40.1 Å². The first-order valence-electron chi connectivity index (χ1n) is 9.63. The van der Waals surface area contributed by atoms with Gasteiger partial charge in [0.05, 0.1) is 0 Å². The van der Waals surface area contributed by atoms with Gasteiger partial charge in [0.2, 0.25) is 0 Å². The van der Waals surface area contributed by atoms with E-state index in [1.165, 1.54) is 28.8 Å². The van der Waals surface area contributed by atoms with Crippen LogP contribution >= 0.6 is 11.3 Å². The highest BCUT2D eigenvalue weighted by atomic mass is 32.1. The summed E-state index contributed by atoms with van der Waals surface area (Å²) in [7, 11) is 0. The van der Waals surface area contributed by atoms with Crippen LogP contribution in [0.25, 0.3) is 10.9 Å². The topological polar surface area (TPSA) is 36.1 Å². The summed E-state index contributed by atoms with van der Waals surface area (Å²) in [5.74, 6) is 0. The molecule has 2 heterocycles. The highest BCUT2D eigenvalue weighted by molar-refractivity contribution is 7.09. The van der Waals surface area contributed by atoms with Gasteiger partial charge in [-0.05, 0) is 67.3 Å². The van der Waals surface area contributed by atoms with Crippen LogP contribution in [0.5, 0.6) is 0 Å². The number of carbonyl (C=O) groups is 1. The number of hydrogen-bond donors (Lipinski definition) is 1. The molecule has 1 atom stereocenters. The fraction of sp³-hybridized carbons (Fsp3) is 0.409. The van der Waals surface area contributed by atoms with Crippen molar-refractivity contribution in [3.8, 4) is 0 Å². The van der Waals surface area contributed by atoms with E-state index in [-0.39, 0.29) is 0 Å². The van der Waals surface area contributed by atoms with Gasteiger partial charge >= 0.3 is 0 Å². The average molecular weight is 367 g/mol. The van der Waals surface area contributed by atoms with Crippen molar-refractivity contribution in [2.45, 2.75) is 45.1 Å².